The number of ether oxygens (including phenoxy) is 1. The Labute approximate surface area is 195 Å². The first-order valence-corrected chi connectivity index (χ1v) is 11.6. The number of aromatic nitrogens is 2. The van der Waals surface area contributed by atoms with E-state index < -0.39 is 0 Å². The minimum Gasteiger partial charge on any atom is -0.491 e. The summed E-state index contributed by atoms with van der Waals surface area (Å²) in [7, 11) is 0. The molecular formula is C26H24BrN3O2. The fraction of sp³-hybridized carbons (Fsp3) is 0.231. The lowest BCUT2D eigenvalue weighted by atomic mass is 10.1. The van der Waals surface area contributed by atoms with Crippen LogP contribution < -0.4 is 9.64 Å². The number of nitrogens with zero attached hydrogens (tertiary/aromatic N) is 3. The van der Waals surface area contributed by atoms with Gasteiger partial charge in [-0.3, -0.25) is 4.79 Å². The summed E-state index contributed by atoms with van der Waals surface area (Å²) < 4.78 is 9.29. The summed E-state index contributed by atoms with van der Waals surface area (Å²) in [6, 6.07) is 24.1. The standard InChI is InChI=1S/C26H24BrN3O2/c1-18-6-2-5-9-24(18)32-15-14-29-23-8-4-3-7-22(23)28-26(29)19-16-25(31)30(17-19)21-12-10-20(27)11-13-21/h2-13,19H,14-17H2,1H3/t19-/m0/s1. The van der Waals surface area contributed by atoms with Gasteiger partial charge in [-0.2, -0.15) is 0 Å². The van der Waals surface area contributed by atoms with Crippen molar-refractivity contribution < 1.29 is 9.53 Å². The van der Waals surface area contributed by atoms with Gasteiger partial charge in [0.1, 0.15) is 18.2 Å². The Bertz CT molecular complexity index is 1270. The Morgan fingerprint density at radius 2 is 1.78 bits per heavy atom. The van der Waals surface area contributed by atoms with Crippen molar-refractivity contribution in [1.29, 1.82) is 0 Å². The molecule has 4 aromatic rings. The molecule has 0 N–H and O–H groups in total. The van der Waals surface area contributed by atoms with Gasteiger partial charge in [-0.25, -0.2) is 4.98 Å². The van der Waals surface area contributed by atoms with Crippen molar-refractivity contribution in [1.82, 2.24) is 9.55 Å². The monoisotopic (exact) mass is 489 g/mol. The second-order valence-corrected chi connectivity index (χ2v) is 9.02. The van der Waals surface area contributed by atoms with Gasteiger partial charge in [-0.05, 0) is 55.0 Å². The molecule has 5 rings (SSSR count). The predicted molar refractivity (Wildman–Crippen MR) is 130 cm³/mol. The third-order valence-electron chi connectivity index (χ3n) is 5.98. The molecule has 0 unspecified atom stereocenters. The third-order valence-corrected chi connectivity index (χ3v) is 6.51. The Balaban J connectivity index is 1.41. The molecule has 1 fully saturated rings. The van der Waals surface area contributed by atoms with E-state index in [2.05, 4.69) is 26.6 Å². The smallest absolute Gasteiger partial charge is 0.227 e. The number of fused-ring (bicyclic) bond motifs is 1. The molecule has 2 heterocycles. The van der Waals surface area contributed by atoms with Crippen LogP contribution in [0.15, 0.2) is 77.3 Å². The fourth-order valence-corrected chi connectivity index (χ4v) is 4.62. The van der Waals surface area contributed by atoms with Crippen LogP contribution in [0.3, 0.4) is 0 Å². The van der Waals surface area contributed by atoms with Gasteiger partial charge < -0.3 is 14.2 Å². The molecule has 3 aromatic carbocycles. The number of para-hydroxylation sites is 3. The number of hydrogen-bond acceptors (Lipinski definition) is 3. The molecule has 0 radical (unpaired) electrons. The number of amides is 1. The molecule has 5 nitrogen and oxygen atoms in total. The zero-order valence-electron chi connectivity index (χ0n) is 17.9. The number of rotatable bonds is 6. The van der Waals surface area contributed by atoms with Gasteiger partial charge in [0.2, 0.25) is 5.91 Å². The highest BCUT2D eigenvalue weighted by Gasteiger charge is 2.34. The van der Waals surface area contributed by atoms with Crippen LogP contribution in [0.25, 0.3) is 11.0 Å². The molecule has 1 amide bonds. The number of hydrogen-bond donors (Lipinski definition) is 0. The minimum absolute atomic E-state index is 0.0389. The SMILES string of the molecule is Cc1ccccc1OCCn1c([C@H]2CC(=O)N(c3ccc(Br)cc3)C2)nc2ccccc21. The van der Waals surface area contributed by atoms with Gasteiger partial charge >= 0.3 is 0 Å². The highest BCUT2D eigenvalue weighted by atomic mass is 79.9. The quantitative estimate of drug-likeness (QED) is 0.348. The number of carbonyl (C=O) groups is 1. The Morgan fingerprint density at radius 3 is 2.59 bits per heavy atom. The minimum atomic E-state index is 0.0389. The second-order valence-electron chi connectivity index (χ2n) is 8.11. The van der Waals surface area contributed by atoms with E-state index in [-0.39, 0.29) is 11.8 Å². The number of benzene rings is 3. The first kappa shape index (κ1) is 20.8. The third kappa shape index (κ3) is 4.02. The van der Waals surface area contributed by atoms with Gasteiger partial charge in [0.05, 0.1) is 17.6 Å². The van der Waals surface area contributed by atoms with Crippen molar-refractivity contribution in [3.8, 4) is 5.75 Å². The van der Waals surface area contributed by atoms with Crippen LogP contribution in [0.2, 0.25) is 0 Å². The van der Waals surface area contributed by atoms with Crippen LogP contribution >= 0.6 is 15.9 Å². The van der Waals surface area contributed by atoms with Crippen molar-refractivity contribution in [2.45, 2.75) is 25.8 Å². The number of halogens is 1. The first-order chi connectivity index (χ1) is 15.6. The van der Waals surface area contributed by atoms with Crippen molar-refractivity contribution in [3.05, 3.63) is 88.7 Å². The van der Waals surface area contributed by atoms with Crippen LogP contribution in [0.4, 0.5) is 5.69 Å². The van der Waals surface area contributed by atoms with Crippen molar-refractivity contribution >= 4 is 38.6 Å². The summed E-state index contributed by atoms with van der Waals surface area (Å²) in [5.41, 5.74) is 4.07. The van der Waals surface area contributed by atoms with Crippen molar-refractivity contribution in [2.24, 2.45) is 0 Å². The predicted octanol–water partition coefficient (Wildman–Crippen LogP) is 5.71. The zero-order valence-corrected chi connectivity index (χ0v) is 19.5. The van der Waals surface area contributed by atoms with Gasteiger partial charge in [0.15, 0.2) is 0 Å². The summed E-state index contributed by atoms with van der Waals surface area (Å²) in [5, 5.41) is 0. The van der Waals surface area contributed by atoms with Crippen LogP contribution in [-0.4, -0.2) is 28.6 Å². The number of anilines is 1. The number of carbonyl (C=O) groups excluding carboxylic acids is 1. The molecule has 6 heteroatoms. The van der Waals surface area contributed by atoms with Gasteiger partial charge in [-0.1, -0.05) is 46.3 Å². The number of aryl methyl sites for hydroxylation is 1. The molecule has 0 bridgehead atoms. The average Bonchev–Trinajstić information content (AvgIpc) is 3.36. The highest BCUT2D eigenvalue weighted by molar-refractivity contribution is 9.10. The molecule has 0 spiro atoms. The molecule has 1 atom stereocenters. The molecule has 32 heavy (non-hydrogen) atoms. The highest BCUT2D eigenvalue weighted by Crippen LogP contribution is 2.33. The molecule has 1 saturated heterocycles. The summed E-state index contributed by atoms with van der Waals surface area (Å²) in [5.74, 6) is 2.02. The summed E-state index contributed by atoms with van der Waals surface area (Å²) in [6.07, 6.45) is 0.456. The van der Waals surface area contributed by atoms with Gasteiger partial charge in [0, 0.05) is 29.0 Å². The maximum atomic E-state index is 12.9. The van der Waals surface area contributed by atoms with Crippen molar-refractivity contribution in [3.63, 3.8) is 0 Å². The van der Waals surface area contributed by atoms with E-state index in [0.717, 1.165) is 38.3 Å². The van der Waals surface area contributed by atoms with E-state index in [9.17, 15) is 4.79 Å². The Morgan fingerprint density at radius 1 is 1.03 bits per heavy atom. The second kappa shape index (κ2) is 8.79. The van der Waals surface area contributed by atoms with Gasteiger partial charge in [-0.15, -0.1) is 0 Å². The fourth-order valence-electron chi connectivity index (χ4n) is 4.36. The average molecular weight is 490 g/mol. The lowest BCUT2D eigenvalue weighted by Crippen LogP contribution is -2.24. The topological polar surface area (TPSA) is 47.4 Å². The maximum absolute atomic E-state index is 12.9. The van der Waals surface area contributed by atoms with Crippen molar-refractivity contribution in [2.75, 3.05) is 18.1 Å². The van der Waals surface area contributed by atoms with E-state index >= 15 is 0 Å². The van der Waals surface area contributed by atoms with E-state index in [1.165, 1.54) is 0 Å². The largest absolute Gasteiger partial charge is 0.491 e. The molecule has 162 valence electrons. The van der Waals surface area contributed by atoms with E-state index in [1.807, 2.05) is 78.6 Å². The lowest BCUT2D eigenvalue weighted by Gasteiger charge is -2.18. The van der Waals surface area contributed by atoms with Crippen LogP contribution in [0.5, 0.6) is 5.75 Å². The summed E-state index contributed by atoms with van der Waals surface area (Å²) >= 11 is 3.46. The van der Waals surface area contributed by atoms with Crippen LogP contribution in [-0.2, 0) is 11.3 Å². The van der Waals surface area contributed by atoms with Crippen LogP contribution in [0.1, 0.15) is 23.7 Å². The molecule has 1 aliphatic rings. The maximum Gasteiger partial charge on any atom is 0.227 e. The Hall–Kier alpha value is -3.12. The normalized spacial score (nSPS) is 16.1. The lowest BCUT2D eigenvalue weighted by molar-refractivity contribution is -0.117. The number of imidazole rings is 1. The summed E-state index contributed by atoms with van der Waals surface area (Å²) in [4.78, 5) is 19.7. The van der Waals surface area contributed by atoms with E-state index in [4.69, 9.17) is 9.72 Å². The molecule has 0 saturated carbocycles. The molecule has 1 aliphatic heterocycles. The molecule has 0 aliphatic carbocycles. The zero-order chi connectivity index (χ0) is 22.1. The molecule has 1 aromatic heterocycles. The first-order valence-electron chi connectivity index (χ1n) is 10.8. The molecular weight excluding hydrogens is 466 g/mol. The van der Waals surface area contributed by atoms with Gasteiger partial charge in [0.25, 0.3) is 0 Å². The summed E-state index contributed by atoms with van der Waals surface area (Å²) in [6.45, 7) is 3.89. The van der Waals surface area contributed by atoms with E-state index in [0.29, 0.717) is 26.1 Å². The van der Waals surface area contributed by atoms with Crippen LogP contribution in [0, 0.1) is 6.92 Å². The Kier molecular flexibility index (Phi) is 5.70. The van der Waals surface area contributed by atoms with E-state index in [1.54, 1.807) is 0 Å².